The van der Waals surface area contributed by atoms with E-state index in [9.17, 15) is 4.79 Å². The first kappa shape index (κ1) is 12.0. The molecule has 19 heavy (non-hydrogen) atoms. The van der Waals surface area contributed by atoms with Gasteiger partial charge in [0.15, 0.2) is 0 Å². The van der Waals surface area contributed by atoms with Crippen molar-refractivity contribution in [3.8, 4) is 5.75 Å². The molecule has 1 N–H and O–H groups in total. The lowest BCUT2D eigenvalue weighted by Gasteiger charge is -2.12. The molecule has 1 aliphatic rings. The number of para-hydroxylation sites is 1. The number of fused-ring (bicyclic) bond motifs is 1. The van der Waals surface area contributed by atoms with Crippen LogP contribution in [0.25, 0.3) is 0 Å². The average molecular weight is 275 g/mol. The molecular weight excluding hydrogens is 264 g/mol. The number of aromatic nitrogens is 1. The fraction of sp³-hybridized carbons (Fsp3) is 0.143. The van der Waals surface area contributed by atoms with Crippen molar-refractivity contribution in [3.63, 3.8) is 0 Å². The lowest BCUT2D eigenvalue weighted by Crippen LogP contribution is -2.29. The molecule has 5 heteroatoms. The molecule has 96 valence electrons. The predicted octanol–water partition coefficient (Wildman–Crippen LogP) is 2.60. The maximum Gasteiger partial charge on any atom is 0.253 e. The minimum Gasteiger partial charge on any atom is -0.491 e. The molecule has 2 aromatic rings. The third-order valence-electron chi connectivity index (χ3n) is 3.02. The zero-order valence-corrected chi connectivity index (χ0v) is 10.7. The molecule has 1 aliphatic heterocycles. The largest absolute Gasteiger partial charge is 0.491 e. The molecule has 0 bridgehead atoms. The molecule has 4 nitrogen and oxygen atoms in total. The average Bonchev–Trinajstić information content (AvgIpc) is 2.83. The van der Waals surface area contributed by atoms with E-state index in [0.29, 0.717) is 17.2 Å². The number of nitrogens with zero attached hydrogens (tertiary/aromatic N) is 1. The Morgan fingerprint density at radius 2 is 2.21 bits per heavy atom. The second-order valence-electron chi connectivity index (χ2n) is 4.23. The van der Waals surface area contributed by atoms with Gasteiger partial charge in [-0.1, -0.05) is 29.8 Å². The highest BCUT2D eigenvalue weighted by Gasteiger charge is 2.25. The molecule has 0 fully saturated rings. The van der Waals surface area contributed by atoms with Crippen LogP contribution < -0.4 is 10.1 Å². The van der Waals surface area contributed by atoms with Crippen LogP contribution in [0.15, 0.2) is 42.7 Å². The monoisotopic (exact) mass is 274 g/mol. The van der Waals surface area contributed by atoms with Gasteiger partial charge in [0.2, 0.25) is 0 Å². The normalized spacial score (nSPS) is 16.6. The van der Waals surface area contributed by atoms with Crippen LogP contribution in [0, 0.1) is 0 Å². The second-order valence-corrected chi connectivity index (χ2v) is 4.64. The highest BCUT2D eigenvalue weighted by molar-refractivity contribution is 6.33. The van der Waals surface area contributed by atoms with Crippen molar-refractivity contribution < 1.29 is 9.53 Å². The van der Waals surface area contributed by atoms with E-state index in [0.717, 1.165) is 11.3 Å². The molecular formula is C14H11ClN2O2. The molecule has 1 unspecified atom stereocenters. The number of amides is 1. The summed E-state index contributed by atoms with van der Waals surface area (Å²) < 4.78 is 5.52. The summed E-state index contributed by atoms with van der Waals surface area (Å²) in [6, 6.07) is 9.12. The quantitative estimate of drug-likeness (QED) is 0.916. The Balaban J connectivity index is 1.81. The first-order valence-electron chi connectivity index (χ1n) is 5.88. The zero-order valence-electron chi connectivity index (χ0n) is 9.97. The zero-order chi connectivity index (χ0) is 13.2. The summed E-state index contributed by atoms with van der Waals surface area (Å²) in [5, 5.41) is 3.26. The van der Waals surface area contributed by atoms with E-state index in [1.54, 1.807) is 12.3 Å². The molecule has 1 aromatic heterocycles. The van der Waals surface area contributed by atoms with E-state index >= 15 is 0 Å². The van der Waals surface area contributed by atoms with E-state index in [1.165, 1.54) is 6.20 Å². The molecule has 3 rings (SSSR count). The minimum atomic E-state index is -0.224. The fourth-order valence-corrected chi connectivity index (χ4v) is 2.28. The maximum absolute atomic E-state index is 12.2. The van der Waals surface area contributed by atoms with Gasteiger partial charge in [0.1, 0.15) is 12.4 Å². The van der Waals surface area contributed by atoms with Crippen LogP contribution >= 0.6 is 11.6 Å². The maximum atomic E-state index is 12.2. The van der Waals surface area contributed by atoms with Crippen molar-refractivity contribution in [1.29, 1.82) is 0 Å². The van der Waals surface area contributed by atoms with Crippen LogP contribution in [0.5, 0.6) is 5.75 Å². The topological polar surface area (TPSA) is 51.2 Å². The van der Waals surface area contributed by atoms with E-state index in [2.05, 4.69) is 10.3 Å². The van der Waals surface area contributed by atoms with Gasteiger partial charge in [-0.15, -0.1) is 0 Å². The highest BCUT2D eigenvalue weighted by Crippen LogP contribution is 2.31. The molecule has 0 radical (unpaired) electrons. The third kappa shape index (κ3) is 2.27. The number of hydrogen-bond donors (Lipinski definition) is 1. The third-order valence-corrected chi connectivity index (χ3v) is 3.32. The summed E-state index contributed by atoms with van der Waals surface area (Å²) in [5.41, 5.74) is 1.40. The Kier molecular flexibility index (Phi) is 3.09. The van der Waals surface area contributed by atoms with Crippen molar-refractivity contribution in [2.24, 2.45) is 0 Å². The van der Waals surface area contributed by atoms with Crippen LogP contribution in [-0.2, 0) is 0 Å². The number of carbonyl (C=O) groups is 1. The summed E-state index contributed by atoms with van der Waals surface area (Å²) >= 11 is 5.95. The smallest absolute Gasteiger partial charge is 0.253 e. The van der Waals surface area contributed by atoms with Crippen molar-refractivity contribution in [2.45, 2.75) is 6.04 Å². The molecule has 1 amide bonds. The van der Waals surface area contributed by atoms with Crippen LogP contribution in [0.1, 0.15) is 22.0 Å². The molecule has 1 atom stereocenters. The summed E-state index contributed by atoms with van der Waals surface area (Å²) in [6.45, 7) is 0.438. The van der Waals surface area contributed by atoms with Gasteiger partial charge in [0.05, 0.1) is 16.6 Å². The number of nitrogens with one attached hydrogen (secondary N) is 1. The number of rotatable bonds is 2. The van der Waals surface area contributed by atoms with Gasteiger partial charge < -0.3 is 10.1 Å². The van der Waals surface area contributed by atoms with Gasteiger partial charge in [-0.2, -0.15) is 0 Å². The minimum absolute atomic E-state index is 0.145. The molecule has 0 saturated carbocycles. The molecule has 2 heterocycles. The fourth-order valence-electron chi connectivity index (χ4n) is 2.08. The van der Waals surface area contributed by atoms with Crippen molar-refractivity contribution in [2.75, 3.05) is 6.61 Å². The van der Waals surface area contributed by atoms with E-state index in [1.807, 2.05) is 24.3 Å². The summed E-state index contributed by atoms with van der Waals surface area (Å²) in [4.78, 5) is 16.0. The van der Waals surface area contributed by atoms with E-state index in [4.69, 9.17) is 16.3 Å². The SMILES string of the molecule is O=C(NC1COc2ccccc21)c1ccncc1Cl. The first-order valence-corrected chi connectivity index (χ1v) is 6.25. The number of pyridine rings is 1. The Morgan fingerprint density at radius 1 is 1.37 bits per heavy atom. The number of hydrogen-bond acceptors (Lipinski definition) is 3. The Hall–Kier alpha value is -2.07. The van der Waals surface area contributed by atoms with Crippen molar-refractivity contribution in [1.82, 2.24) is 10.3 Å². The van der Waals surface area contributed by atoms with Gasteiger partial charge >= 0.3 is 0 Å². The van der Waals surface area contributed by atoms with Crippen LogP contribution in [0.4, 0.5) is 0 Å². The van der Waals surface area contributed by atoms with Gasteiger partial charge in [-0.25, -0.2) is 0 Å². The lowest BCUT2D eigenvalue weighted by atomic mass is 10.1. The Morgan fingerprint density at radius 3 is 3.05 bits per heavy atom. The number of benzene rings is 1. The Labute approximate surface area is 115 Å². The molecule has 0 aliphatic carbocycles. The summed E-state index contributed by atoms with van der Waals surface area (Å²) in [6.07, 6.45) is 3.00. The summed E-state index contributed by atoms with van der Waals surface area (Å²) in [5.74, 6) is 0.589. The molecule has 0 saturated heterocycles. The van der Waals surface area contributed by atoms with Crippen LogP contribution in [-0.4, -0.2) is 17.5 Å². The Bertz CT molecular complexity index is 630. The first-order chi connectivity index (χ1) is 9.25. The standard InChI is InChI=1S/C14H11ClN2O2/c15-11-7-16-6-5-9(11)14(18)17-12-8-19-13-4-2-1-3-10(12)13/h1-7,12H,8H2,(H,17,18). The van der Waals surface area contributed by atoms with Gasteiger partial charge in [0.25, 0.3) is 5.91 Å². The number of halogens is 1. The van der Waals surface area contributed by atoms with Crippen LogP contribution in [0.2, 0.25) is 5.02 Å². The van der Waals surface area contributed by atoms with E-state index in [-0.39, 0.29) is 11.9 Å². The molecule has 0 spiro atoms. The second kappa shape index (κ2) is 4.90. The van der Waals surface area contributed by atoms with Crippen molar-refractivity contribution in [3.05, 3.63) is 58.9 Å². The predicted molar refractivity (Wildman–Crippen MR) is 71.4 cm³/mol. The van der Waals surface area contributed by atoms with Gasteiger partial charge in [-0.3, -0.25) is 9.78 Å². The number of carbonyl (C=O) groups excluding carboxylic acids is 1. The van der Waals surface area contributed by atoms with E-state index < -0.39 is 0 Å². The highest BCUT2D eigenvalue weighted by atomic mass is 35.5. The van der Waals surface area contributed by atoms with Crippen molar-refractivity contribution >= 4 is 17.5 Å². The van der Waals surface area contributed by atoms with Gasteiger partial charge in [-0.05, 0) is 12.1 Å². The lowest BCUT2D eigenvalue weighted by molar-refractivity contribution is 0.0930. The number of ether oxygens (including phenoxy) is 1. The van der Waals surface area contributed by atoms with Gasteiger partial charge in [0, 0.05) is 18.0 Å². The summed E-state index contributed by atoms with van der Waals surface area (Å²) in [7, 11) is 0. The van der Waals surface area contributed by atoms with Crippen LogP contribution in [0.3, 0.4) is 0 Å². The molecule has 1 aromatic carbocycles.